The molecule has 0 aromatic carbocycles. The zero-order valence-corrected chi connectivity index (χ0v) is 12.8. The van der Waals surface area contributed by atoms with Crippen molar-refractivity contribution >= 4 is 18.5 Å². The number of alkyl halides is 3. The molecule has 0 radical (unpaired) electrons. The summed E-state index contributed by atoms with van der Waals surface area (Å²) in [5.74, 6) is 0.337. The molecule has 3 aliphatic heterocycles. The minimum Gasteiger partial charge on any atom is -0.292 e. The first kappa shape index (κ1) is 15.9. The van der Waals surface area contributed by atoms with E-state index in [1.807, 2.05) is 0 Å². The highest BCUT2D eigenvalue weighted by atomic mass is 19.4. The molecule has 0 aromatic rings. The van der Waals surface area contributed by atoms with Crippen molar-refractivity contribution in [3.8, 4) is 0 Å². The zero-order chi connectivity index (χ0) is 16.7. The van der Waals surface area contributed by atoms with Crippen LogP contribution in [0.3, 0.4) is 0 Å². The summed E-state index contributed by atoms with van der Waals surface area (Å²) >= 11 is 0. The van der Waals surface area contributed by atoms with E-state index in [1.54, 1.807) is 4.90 Å². The summed E-state index contributed by atoms with van der Waals surface area (Å²) in [7, 11) is 0. The van der Waals surface area contributed by atoms with Gasteiger partial charge < -0.3 is 0 Å². The number of halogens is 3. The van der Waals surface area contributed by atoms with E-state index < -0.39 is 11.7 Å². The predicted molar refractivity (Wildman–Crippen MR) is 79.1 cm³/mol. The molecule has 0 N–H and O–H groups in total. The minimum absolute atomic E-state index is 0.0244. The third-order valence-corrected chi connectivity index (χ3v) is 4.32. The Morgan fingerprint density at radius 1 is 1.43 bits per heavy atom. The number of quaternary nitrogens is 1. The molecule has 2 atom stereocenters. The molecule has 1 saturated heterocycles. The fourth-order valence-corrected chi connectivity index (χ4v) is 3.16. The predicted octanol–water partition coefficient (Wildman–Crippen LogP) is 2.78. The highest BCUT2D eigenvalue weighted by Gasteiger charge is 2.45. The molecule has 8 heteroatoms. The van der Waals surface area contributed by atoms with Crippen molar-refractivity contribution < 1.29 is 22.6 Å². The Hall–Kier alpha value is -1.96. The summed E-state index contributed by atoms with van der Waals surface area (Å²) in [6.45, 7) is 2.88. The molecule has 0 aromatic heterocycles. The Morgan fingerprint density at radius 3 is 2.91 bits per heavy atom. The van der Waals surface area contributed by atoms with Gasteiger partial charge in [0.2, 0.25) is 12.2 Å². The fourth-order valence-electron chi connectivity index (χ4n) is 3.16. The summed E-state index contributed by atoms with van der Waals surface area (Å²) in [4.78, 5) is 17.8. The van der Waals surface area contributed by atoms with Crippen molar-refractivity contribution in [2.24, 2.45) is 16.0 Å². The first-order chi connectivity index (χ1) is 10.8. The van der Waals surface area contributed by atoms with Crippen molar-refractivity contribution in [1.29, 1.82) is 0 Å². The Balaban J connectivity index is 1.78. The second kappa shape index (κ2) is 5.59. The molecule has 3 aliphatic rings. The SMILES string of the molecule is CCCC1CC(=O)N(C[N+]23C=NC=C2C=C(C(F)(F)F)C=N3)C1. The van der Waals surface area contributed by atoms with Crippen LogP contribution < -0.4 is 0 Å². The van der Waals surface area contributed by atoms with Crippen LogP contribution in [-0.2, 0) is 4.79 Å². The lowest BCUT2D eigenvalue weighted by atomic mass is 10.0. The molecule has 5 nitrogen and oxygen atoms in total. The average Bonchev–Trinajstić information content (AvgIpc) is 3.02. The summed E-state index contributed by atoms with van der Waals surface area (Å²) in [5.41, 5.74) is -0.480. The molecule has 2 unspecified atom stereocenters. The number of rotatable bonds is 4. The normalized spacial score (nSPS) is 29.8. The summed E-state index contributed by atoms with van der Waals surface area (Å²) in [6.07, 6.45) is 2.73. The van der Waals surface area contributed by atoms with Gasteiger partial charge in [-0.05, 0) is 12.3 Å². The number of aliphatic imine (C=N–C) groups is 1. The van der Waals surface area contributed by atoms with Gasteiger partial charge in [0.05, 0.1) is 18.0 Å². The third-order valence-electron chi connectivity index (χ3n) is 4.32. The third kappa shape index (κ3) is 2.95. The second-order valence-corrected chi connectivity index (χ2v) is 6.10. The zero-order valence-electron chi connectivity index (χ0n) is 12.8. The van der Waals surface area contributed by atoms with E-state index in [1.165, 1.54) is 12.5 Å². The number of allylic oxidation sites excluding steroid dienone is 2. The number of carbonyl (C=O) groups excluding carboxylic acids is 1. The quantitative estimate of drug-likeness (QED) is 0.732. The monoisotopic (exact) mass is 327 g/mol. The Kier molecular flexibility index (Phi) is 3.87. The van der Waals surface area contributed by atoms with Gasteiger partial charge in [-0.25, -0.2) is 4.99 Å². The largest absolute Gasteiger partial charge is 0.418 e. The standard InChI is InChI=1S/C15H18F3N4O/c1-2-3-11-4-14(23)21(8-11)10-22-9-19-7-13(22)5-12(6-20-22)15(16,17)18/h5-7,9,11H,2-4,8,10H2,1H3/q+1. The number of fused-ring (bicyclic) bond motifs is 1. The van der Waals surface area contributed by atoms with Gasteiger partial charge in [0.25, 0.3) is 0 Å². The number of likely N-dealkylation sites (tertiary alicyclic amines) is 1. The van der Waals surface area contributed by atoms with E-state index >= 15 is 0 Å². The van der Waals surface area contributed by atoms with Crippen molar-refractivity contribution in [3.05, 3.63) is 23.5 Å². The van der Waals surface area contributed by atoms with Gasteiger partial charge in [-0.15, -0.1) is 4.59 Å². The summed E-state index contributed by atoms with van der Waals surface area (Å²) in [5, 5.41) is 4.05. The highest BCUT2D eigenvalue weighted by Crippen LogP contribution is 2.35. The smallest absolute Gasteiger partial charge is 0.292 e. The molecule has 3 heterocycles. The van der Waals surface area contributed by atoms with Crippen LogP contribution in [0.2, 0.25) is 0 Å². The van der Waals surface area contributed by atoms with Crippen LogP contribution >= 0.6 is 0 Å². The van der Waals surface area contributed by atoms with Crippen LogP contribution in [0.4, 0.5) is 13.2 Å². The molecule has 0 aliphatic carbocycles. The molecule has 124 valence electrons. The second-order valence-electron chi connectivity index (χ2n) is 6.10. The van der Waals surface area contributed by atoms with Crippen LogP contribution in [0.25, 0.3) is 0 Å². The van der Waals surface area contributed by atoms with Crippen molar-refractivity contribution in [2.75, 3.05) is 13.2 Å². The van der Waals surface area contributed by atoms with Crippen LogP contribution in [0.1, 0.15) is 26.2 Å². The topological polar surface area (TPSA) is 45.0 Å². The number of amides is 1. The lowest BCUT2D eigenvalue weighted by molar-refractivity contribution is -0.807. The molecule has 23 heavy (non-hydrogen) atoms. The molecule has 0 spiro atoms. The lowest BCUT2D eigenvalue weighted by Gasteiger charge is -2.31. The van der Waals surface area contributed by atoms with Gasteiger partial charge in [0.15, 0.2) is 12.4 Å². The molecule has 1 fully saturated rings. The highest BCUT2D eigenvalue weighted by molar-refractivity contribution is 5.83. The Bertz CT molecular complexity index is 635. The molecule has 0 saturated carbocycles. The first-order valence-electron chi connectivity index (χ1n) is 7.59. The minimum atomic E-state index is -4.45. The fraction of sp³-hybridized carbons (Fsp3) is 0.533. The van der Waals surface area contributed by atoms with Crippen LogP contribution in [0.15, 0.2) is 33.6 Å². The van der Waals surface area contributed by atoms with E-state index in [4.69, 9.17) is 0 Å². The number of hydrogen-bond acceptors (Lipinski definition) is 3. The van der Waals surface area contributed by atoms with Crippen LogP contribution in [0, 0.1) is 5.92 Å². The van der Waals surface area contributed by atoms with Crippen LogP contribution in [0.5, 0.6) is 0 Å². The Labute approximate surface area is 132 Å². The average molecular weight is 327 g/mol. The van der Waals surface area contributed by atoms with Crippen LogP contribution in [-0.4, -0.2) is 47.3 Å². The van der Waals surface area contributed by atoms with Gasteiger partial charge >= 0.3 is 6.18 Å². The van der Waals surface area contributed by atoms with E-state index in [0.29, 0.717) is 24.6 Å². The summed E-state index contributed by atoms with van der Waals surface area (Å²) in [6, 6.07) is 0. The van der Waals surface area contributed by atoms with Gasteiger partial charge in [-0.1, -0.05) is 18.4 Å². The molecule has 1 amide bonds. The van der Waals surface area contributed by atoms with Gasteiger partial charge in [-0.2, -0.15) is 13.2 Å². The Morgan fingerprint density at radius 2 is 2.22 bits per heavy atom. The molecule has 0 bridgehead atoms. The van der Waals surface area contributed by atoms with E-state index in [0.717, 1.165) is 25.1 Å². The molecular formula is C15H18F3N4O+. The van der Waals surface area contributed by atoms with Crippen molar-refractivity contribution in [3.63, 3.8) is 0 Å². The van der Waals surface area contributed by atoms with Crippen molar-refractivity contribution in [2.45, 2.75) is 32.4 Å². The molecular weight excluding hydrogens is 309 g/mol. The van der Waals surface area contributed by atoms with E-state index in [9.17, 15) is 18.0 Å². The lowest BCUT2D eigenvalue weighted by Crippen LogP contribution is -2.49. The molecule has 3 rings (SSSR count). The van der Waals surface area contributed by atoms with Gasteiger partial charge in [0, 0.05) is 19.0 Å². The first-order valence-corrected chi connectivity index (χ1v) is 7.59. The maximum absolute atomic E-state index is 12.8. The van der Waals surface area contributed by atoms with Crippen molar-refractivity contribution in [1.82, 2.24) is 4.90 Å². The van der Waals surface area contributed by atoms with Gasteiger partial charge in [-0.3, -0.25) is 9.69 Å². The maximum Gasteiger partial charge on any atom is 0.418 e. The number of nitrogens with zero attached hydrogens (tertiary/aromatic N) is 4. The van der Waals surface area contributed by atoms with Gasteiger partial charge in [0.1, 0.15) is 0 Å². The number of hydrogen-bond donors (Lipinski definition) is 0. The van der Waals surface area contributed by atoms with E-state index in [2.05, 4.69) is 17.0 Å². The maximum atomic E-state index is 12.8. The summed E-state index contributed by atoms with van der Waals surface area (Å²) < 4.78 is 38.3. The van der Waals surface area contributed by atoms with E-state index in [-0.39, 0.29) is 17.2 Å². The number of carbonyl (C=O) groups is 1.